The molecule has 0 aliphatic carbocycles. The van der Waals surface area contributed by atoms with Crippen LogP contribution in [0.2, 0.25) is 0 Å². The number of hydrogen-bond acceptors (Lipinski definition) is 18. The van der Waals surface area contributed by atoms with Gasteiger partial charge in [-0.1, -0.05) is 294 Å². The molecule has 562 valence electrons. The zero-order chi connectivity index (χ0) is 69.6. The highest BCUT2D eigenvalue weighted by molar-refractivity contribution is 5.76. The summed E-state index contributed by atoms with van der Waals surface area (Å²) in [5, 5.41) is 121. The predicted octanol–water partition coefficient (Wildman–Crippen LogP) is 12.1. The Morgan fingerprint density at radius 3 is 1.12 bits per heavy atom. The lowest BCUT2D eigenvalue weighted by Crippen LogP contribution is -2.66. The summed E-state index contributed by atoms with van der Waals surface area (Å²) in [5.41, 5.74) is 0. The molecule has 17 unspecified atom stereocenters. The number of unbranched alkanes of at least 4 members (excludes halogenated alkanes) is 37. The predicted molar refractivity (Wildman–Crippen MR) is 379 cm³/mol. The van der Waals surface area contributed by atoms with Crippen molar-refractivity contribution in [2.24, 2.45) is 0 Å². The lowest BCUT2D eigenvalue weighted by molar-refractivity contribution is -0.379. The van der Waals surface area contributed by atoms with Crippen molar-refractivity contribution in [3.05, 3.63) is 48.6 Å². The second-order valence-electron chi connectivity index (χ2n) is 27.8. The van der Waals surface area contributed by atoms with Crippen molar-refractivity contribution in [1.82, 2.24) is 5.32 Å². The van der Waals surface area contributed by atoms with E-state index in [1.165, 1.54) is 199 Å². The zero-order valence-electron chi connectivity index (χ0n) is 59.9. The molecule has 0 bridgehead atoms. The minimum Gasteiger partial charge on any atom is -0.394 e. The van der Waals surface area contributed by atoms with E-state index in [1.54, 1.807) is 0 Å². The van der Waals surface area contributed by atoms with Crippen LogP contribution in [0.15, 0.2) is 48.6 Å². The van der Waals surface area contributed by atoms with E-state index >= 15 is 0 Å². The van der Waals surface area contributed by atoms with Gasteiger partial charge in [-0.2, -0.15) is 0 Å². The second kappa shape index (κ2) is 58.3. The SMILES string of the molecule is CC/C=C\C/C=C\C/C=C\C/C=C\CCCCCCCCCCCCCCCCCCCCC(=O)NC(COC1OC(CO)C(OC2OC(CO)C(OC3OC(CO)C(O)C(O)C3O)C(O)C2O)C(O)C1O)C(O)CCCCCCCCCCCCCCCCCCCCCC. The van der Waals surface area contributed by atoms with Gasteiger partial charge in [-0.05, 0) is 51.4 Å². The van der Waals surface area contributed by atoms with Gasteiger partial charge in [-0.25, -0.2) is 0 Å². The van der Waals surface area contributed by atoms with Gasteiger partial charge in [0.15, 0.2) is 18.9 Å². The molecule has 12 N–H and O–H groups in total. The standard InChI is InChI=1S/C77H141NO18/c1-3-5-7-9-11-13-15-17-19-21-23-25-26-27-28-29-30-31-32-33-34-35-37-39-41-43-45-47-49-51-53-55-65(83)78-60(61(82)54-52-50-48-46-44-42-40-38-36-24-22-20-18-16-14-12-10-8-6-4-2)59-91-75-71(89)68(86)73(63(57-80)93-75)96-77-72(90)69(87)74(64(58-81)94-77)95-76-70(88)67(85)66(84)62(56-79)92-76/h5,7,11,13,17,19,23,25,60-64,66-77,79-82,84-90H,3-4,6,8-10,12,14-16,18,20-22,24,26-59H2,1-2H3,(H,78,83)/b7-5-,13-11-,19-17-,25-23-. The highest BCUT2D eigenvalue weighted by Crippen LogP contribution is 2.33. The molecule has 0 radical (unpaired) electrons. The molecule has 3 heterocycles. The van der Waals surface area contributed by atoms with Crippen molar-refractivity contribution >= 4 is 5.91 Å². The molecule has 0 spiro atoms. The first-order valence-corrected chi connectivity index (χ1v) is 38.9. The van der Waals surface area contributed by atoms with Crippen molar-refractivity contribution in [3.8, 4) is 0 Å². The molecule has 19 nitrogen and oxygen atoms in total. The van der Waals surface area contributed by atoms with Crippen LogP contribution in [0.5, 0.6) is 0 Å². The summed E-state index contributed by atoms with van der Waals surface area (Å²) in [6, 6.07) is -0.888. The summed E-state index contributed by atoms with van der Waals surface area (Å²) in [5.74, 6) is -0.239. The molecule has 3 fully saturated rings. The largest absolute Gasteiger partial charge is 0.394 e. The fraction of sp³-hybridized carbons (Fsp3) is 0.883. The Morgan fingerprint density at radius 1 is 0.385 bits per heavy atom. The molecule has 3 saturated heterocycles. The number of allylic oxidation sites excluding steroid dienone is 8. The number of aliphatic hydroxyl groups is 11. The molecular weight excluding hydrogens is 1230 g/mol. The van der Waals surface area contributed by atoms with Gasteiger partial charge in [0.1, 0.15) is 73.2 Å². The molecule has 3 aliphatic heterocycles. The van der Waals surface area contributed by atoms with Gasteiger partial charge in [-0.3, -0.25) is 4.79 Å². The Kier molecular flexibility index (Phi) is 53.4. The maximum atomic E-state index is 13.5. The van der Waals surface area contributed by atoms with Crippen LogP contribution in [0, 0.1) is 0 Å². The second-order valence-corrected chi connectivity index (χ2v) is 27.8. The van der Waals surface area contributed by atoms with Crippen LogP contribution in [0.1, 0.15) is 303 Å². The van der Waals surface area contributed by atoms with E-state index in [9.17, 15) is 61.0 Å². The first-order chi connectivity index (χ1) is 46.8. The van der Waals surface area contributed by atoms with Crippen molar-refractivity contribution in [1.29, 1.82) is 0 Å². The third kappa shape index (κ3) is 38.7. The van der Waals surface area contributed by atoms with E-state index in [0.29, 0.717) is 12.8 Å². The first-order valence-electron chi connectivity index (χ1n) is 38.9. The maximum absolute atomic E-state index is 13.5. The maximum Gasteiger partial charge on any atom is 0.220 e. The number of carbonyl (C=O) groups is 1. The van der Waals surface area contributed by atoms with E-state index in [1.807, 2.05) is 0 Å². The van der Waals surface area contributed by atoms with Crippen molar-refractivity contribution < 1.29 is 89.4 Å². The molecule has 3 rings (SSSR count). The fourth-order valence-electron chi connectivity index (χ4n) is 13.2. The van der Waals surface area contributed by atoms with Crippen LogP contribution in [0.4, 0.5) is 0 Å². The first kappa shape index (κ1) is 88.0. The Hall–Kier alpha value is -2.25. The summed E-state index contributed by atoms with van der Waals surface area (Å²) in [6.07, 6.45) is 44.8. The highest BCUT2D eigenvalue weighted by atomic mass is 16.8. The van der Waals surface area contributed by atoms with Crippen molar-refractivity contribution in [2.75, 3.05) is 26.4 Å². The van der Waals surface area contributed by atoms with Crippen LogP contribution in [0.25, 0.3) is 0 Å². The van der Waals surface area contributed by atoms with Gasteiger partial charge in [0, 0.05) is 6.42 Å². The molecule has 0 aromatic carbocycles. The van der Waals surface area contributed by atoms with Crippen LogP contribution in [0.3, 0.4) is 0 Å². The van der Waals surface area contributed by atoms with Crippen LogP contribution in [-0.2, 0) is 33.2 Å². The van der Waals surface area contributed by atoms with Gasteiger partial charge in [0.25, 0.3) is 0 Å². The fourth-order valence-corrected chi connectivity index (χ4v) is 13.2. The smallest absolute Gasteiger partial charge is 0.220 e. The topological polar surface area (TPSA) is 307 Å². The number of aliphatic hydroxyl groups excluding tert-OH is 11. The Bertz CT molecular complexity index is 1930. The van der Waals surface area contributed by atoms with E-state index in [4.69, 9.17) is 28.4 Å². The van der Waals surface area contributed by atoms with E-state index in [-0.39, 0.29) is 18.9 Å². The number of rotatable bonds is 61. The minimum atomic E-state index is -1.97. The number of nitrogens with one attached hydrogen (secondary N) is 1. The molecule has 0 aromatic heterocycles. The van der Waals surface area contributed by atoms with E-state index in [0.717, 1.165) is 70.6 Å². The van der Waals surface area contributed by atoms with Gasteiger partial charge in [0.2, 0.25) is 5.91 Å². The van der Waals surface area contributed by atoms with Gasteiger partial charge in [-0.15, -0.1) is 0 Å². The van der Waals surface area contributed by atoms with E-state index in [2.05, 4.69) is 67.8 Å². The van der Waals surface area contributed by atoms with Gasteiger partial charge >= 0.3 is 0 Å². The number of carbonyl (C=O) groups excluding carboxylic acids is 1. The Balaban J connectivity index is 1.36. The summed E-state index contributed by atoms with van der Waals surface area (Å²) < 4.78 is 34.5. The lowest BCUT2D eigenvalue weighted by Gasteiger charge is -2.48. The Morgan fingerprint density at radius 2 is 0.719 bits per heavy atom. The summed E-state index contributed by atoms with van der Waals surface area (Å²) in [6.45, 7) is 1.73. The molecule has 19 heteroatoms. The van der Waals surface area contributed by atoms with Crippen molar-refractivity contribution in [3.63, 3.8) is 0 Å². The quantitative estimate of drug-likeness (QED) is 0.0199. The Labute approximate surface area is 580 Å². The van der Waals surface area contributed by atoms with Gasteiger partial charge < -0.3 is 89.9 Å². The molecule has 0 aromatic rings. The number of hydrogen-bond donors (Lipinski definition) is 12. The van der Waals surface area contributed by atoms with Gasteiger partial charge in [0.05, 0.1) is 38.6 Å². The van der Waals surface area contributed by atoms with E-state index < -0.39 is 124 Å². The average Bonchev–Trinajstić information content (AvgIpc) is 0.786. The molecule has 96 heavy (non-hydrogen) atoms. The molecule has 1 amide bonds. The zero-order valence-corrected chi connectivity index (χ0v) is 59.9. The summed E-state index contributed by atoms with van der Waals surface area (Å²) >= 11 is 0. The monoisotopic (exact) mass is 1370 g/mol. The van der Waals surface area contributed by atoms with Crippen LogP contribution in [-0.4, -0.2) is 193 Å². The highest BCUT2D eigenvalue weighted by Gasteiger charge is 2.54. The summed E-state index contributed by atoms with van der Waals surface area (Å²) in [7, 11) is 0. The van der Waals surface area contributed by atoms with Crippen LogP contribution < -0.4 is 5.32 Å². The number of amides is 1. The lowest BCUT2D eigenvalue weighted by atomic mass is 9.96. The van der Waals surface area contributed by atoms with Crippen LogP contribution >= 0.6 is 0 Å². The van der Waals surface area contributed by atoms with Crippen molar-refractivity contribution in [2.45, 2.75) is 407 Å². The molecule has 17 atom stereocenters. The summed E-state index contributed by atoms with van der Waals surface area (Å²) in [4.78, 5) is 13.5. The minimum absolute atomic E-state index is 0.239. The third-order valence-corrected chi connectivity index (χ3v) is 19.4. The molecule has 0 saturated carbocycles. The normalized spacial score (nSPS) is 27.3. The third-order valence-electron chi connectivity index (χ3n) is 19.4. The number of ether oxygens (including phenoxy) is 6. The average molecular weight is 1370 g/mol. The molecule has 3 aliphatic rings. The molecular formula is C77H141NO18.